The van der Waals surface area contributed by atoms with Crippen LogP contribution in [0.4, 0.5) is 0 Å². The van der Waals surface area contributed by atoms with Gasteiger partial charge in [-0.05, 0) is 31.7 Å². The monoisotopic (exact) mass is 205 g/mol. The molecule has 1 aliphatic rings. The Kier molecular flexibility index (Phi) is 3.39. The molecule has 0 aromatic heterocycles. The summed E-state index contributed by atoms with van der Waals surface area (Å²) in [6.45, 7) is 2.67. The number of rotatable bonds is 4. The maximum absolute atomic E-state index is 5.95. The molecule has 2 N–H and O–H groups in total. The number of aryl methyl sites for hydroxylation is 1. The second-order valence-corrected chi connectivity index (χ2v) is 4.33. The van der Waals surface area contributed by atoms with E-state index in [0.717, 1.165) is 0 Å². The van der Waals surface area contributed by atoms with E-state index in [0.29, 0.717) is 12.6 Å². The van der Waals surface area contributed by atoms with Gasteiger partial charge in [0.25, 0.3) is 0 Å². The molecular formula is C13H19NO. The van der Waals surface area contributed by atoms with Crippen LogP contribution in [0.2, 0.25) is 0 Å². The molecule has 2 nitrogen and oxygen atoms in total. The van der Waals surface area contributed by atoms with Crippen LogP contribution in [0, 0.1) is 6.92 Å². The molecule has 1 fully saturated rings. The summed E-state index contributed by atoms with van der Waals surface area (Å²) < 4.78 is 5.95. The normalized spacial score (nSPS) is 18.5. The van der Waals surface area contributed by atoms with Crippen molar-refractivity contribution in [2.45, 2.75) is 38.4 Å². The Balaban J connectivity index is 2.04. The van der Waals surface area contributed by atoms with Crippen LogP contribution in [0.1, 0.15) is 36.5 Å². The summed E-state index contributed by atoms with van der Waals surface area (Å²) in [5.74, 6) is 0. The van der Waals surface area contributed by atoms with E-state index in [1.54, 1.807) is 0 Å². The first-order valence-corrected chi connectivity index (χ1v) is 5.71. The first-order valence-electron chi connectivity index (χ1n) is 5.71. The summed E-state index contributed by atoms with van der Waals surface area (Å²) in [6, 6.07) is 8.43. The third-order valence-corrected chi connectivity index (χ3v) is 3.04. The summed E-state index contributed by atoms with van der Waals surface area (Å²) in [6.07, 6.45) is 4.22. The molecule has 15 heavy (non-hydrogen) atoms. The quantitative estimate of drug-likeness (QED) is 0.820. The Morgan fingerprint density at radius 3 is 2.80 bits per heavy atom. The van der Waals surface area contributed by atoms with E-state index >= 15 is 0 Å². The van der Waals surface area contributed by atoms with Gasteiger partial charge in [0.2, 0.25) is 0 Å². The van der Waals surface area contributed by atoms with Crippen LogP contribution in [0.3, 0.4) is 0 Å². The molecule has 1 atom stereocenters. The second kappa shape index (κ2) is 4.77. The molecular weight excluding hydrogens is 186 g/mol. The fourth-order valence-corrected chi connectivity index (χ4v) is 1.88. The molecule has 2 rings (SSSR count). The van der Waals surface area contributed by atoms with E-state index in [1.165, 1.54) is 30.4 Å². The van der Waals surface area contributed by atoms with Crippen molar-refractivity contribution in [3.8, 4) is 0 Å². The average molecular weight is 205 g/mol. The van der Waals surface area contributed by atoms with Gasteiger partial charge in [-0.25, -0.2) is 0 Å². The Morgan fingerprint density at radius 1 is 1.47 bits per heavy atom. The first kappa shape index (κ1) is 10.7. The van der Waals surface area contributed by atoms with Gasteiger partial charge >= 0.3 is 0 Å². The summed E-state index contributed by atoms with van der Waals surface area (Å²) in [4.78, 5) is 0. The summed E-state index contributed by atoms with van der Waals surface area (Å²) in [5, 5.41) is 0. The number of nitrogens with two attached hydrogens (primary N) is 1. The van der Waals surface area contributed by atoms with E-state index in [2.05, 4.69) is 31.2 Å². The van der Waals surface area contributed by atoms with E-state index in [4.69, 9.17) is 10.5 Å². The van der Waals surface area contributed by atoms with Gasteiger partial charge in [-0.3, -0.25) is 0 Å². The van der Waals surface area contributed by atoms with Gasteiger partial charge in [-0.15, -0.1) is 0 Å². The average Bonchev–Trinajstić information content (AvgIpc) is 2.16. The van der Waals surface area contributed by atoms with E-state index in [9.17, 15) is 0 Å². The minimum absolute atomic E-state index is 0.0789. The molecule has 0 saturated heterocycles. The first-order chi connectivity index (χ1) is 7.29. The standard InChI is InChI=1S/C13H19NO/c1-10-4-2-5-11(8-10)13(9-14)15-12-6-3-7-12/h2,4-5,8,12-13H,3,6-7,9,14H2,1H3. The van der Waals surface area contributed by atoms with Gasteiger partial charge in [0.1, 0.15) is 0 Å². The Labute approximate surface area is 91.4 Å². The van der Waals surface area contributed by atoms with Crippen molar-refractivity contribution < 1.29 is 4.74 Å². The van der Waals surface area contributed by atoms with E-state index in [-0.39, 0.29) is 6.10 Å². The molecule has 0 amide bonds. The number of ether oxygens (including phenoxy) is 1. The molecule has 0 bridgehead atoms. The zero-order chi connectivity index (χ0) is 10.7. The molecule has 0 radical (unpaired) electrons. The van der Waals surface area contributed by atoms with Crippen LogP contribution < -0.4 is 5.73 Å². The molecule has 0 aliphatic heterocycles. The lowest BCUT2D eigenvalue weighted by Crippen LogP contribution is -2.27. The van der Waals surface area contributed by atoms with Gasteiger partial charge in [-0.2, -0.15) is 0 Å². The highest BCUT2D eigenvalue weighted by molar-refractivity contribution is 5.24. The van der Waals surface area contributed by atoms with Gasteiger partial charge in [0.15, 0.2) is 0 Å². The maximum Gasteiger partial charge on any atom is 0.0950 e. The second-order valence-electron chi connectivity index (χ2n) is 4.33. The van der Waals surface area contributed by atoms with Gasteiger partial charge in [0.05, 0.1) is 12.2 Å². The number of hydrogen-bond acceptors (Lipinski definition) is 2. The number of benzene rings is 1. The molecule has 0 heterocycles. The van der Waals surface area contributed by atoms with Crippen molar-refractivity contribution in [1.82, 2.24) is 0 Å². The topological polar surface area (TPSA) is 35.2 Å². The minimum atomic E-state index is 0.0789. The van der Waals surface area contributed by atoms with Crippen LogP contribution in [-0.2, 0) is 4.74 Å². The highest BCUT2D eigenvalue weighted by Gasteiger charge is 2.22. The predicted molar refractivity (Wildman–Crippen MR) is 61.7 cm³/mol. The minimum Gasteiger partial charge on any atom is -0.369 e. The molecule has 1 aliphatic carbocycles. The van der Waals surface area contributed by atoms with Crippen LogP contribution >= 0.6 is 0 Å². The van der Waals surface area contributed by atoms with Crippen molar-refractivity contribution in [3.05, 3.63) is 35.4 Å². The van der Waals surface area contributed by atoms with Crippen LogP contribution in [0.15, 0.2) is 24.3 Å². The van der Waals surface area contributed by atoms with Crippen LogP contribution in [-0.4, -0.2) is 12.6 Å². The lowest BCUT2D eigenvalue weighted by molar-refractivity contribution is -0.0487. The Hall–Kier alpha value is -0.860. The summed E-state index contributed by atoms with van der Waals surface area (Å²) in [7, 11) is 0. The molecule has 0 spiro atoms. The molecule has 1 aromatic carbocycles. The molecule has 1 saturated carbocycles. The van der Waals surface area contributed by atoms with Gasteiger partial charge < -0.3 is 10.5 Å². The lowest BCUT2D eigenvalue weighted by Gasteiger charge is -2.30. The lowest BCUT2D eigenvalue weighted by atomic mass is 9.95. The third-order valence-electron chi connectivity index (χ3n) is 3.04. The molecule has 2 heteroatoms. The third kappa shape index (κ3) is 2.58. The van der Waals surface area contributed by atoms with Crippen molar-refractivity contribution in [1.29, 1.82) is 0 Å². The largest absolute Gasteiger partial charge is 0.369 e. The Bertz CT molecular complexity index is 320. The van der Waals surface area contributed by atoms with Gasteiger partial charge in [0, 0.05) is 6.54 Å². The van der Waals surface area contributed by atoms with Crippen LogP contribution in [0.5, 0.6) is 0 Å². The summed E-state index contributed by atoms with van der Waals surface area (Å²) >= 11 is 0. The van der Waals surface area contributed by atoms with E-state index < -0.39 is 0 Å². The smallest absolute Gasteiger partial charge is 0.0950 e. The molecule has 82 valence electrons. The van der Waals surface area contributed by atoms with Crippen molar-refractivity contribution >= 4 is 0 Å². The van der Waals surface area contributed by atoms with Crippen LogP contribution in [0.25, 0.3) is 0 Å². The Morgan fingerprint density at radius 2 is 2.27 bits per heavy atom. The molecule has 1 aromatic rings. The number of hydrogen-bond donors (Lipinski definition) is 1. The SMILES string of the molecule is Cc1cccc(C(CN)OC2CCC2)c1. The highest BCUT2D eigenvalue weighted by Crippen LogP contribution is 2.28. The van der Waals surface area contributed by atoms with Gasteiger partial charge in [-0.1, -0.05) is 29.8 Å². The van der Waals surface area contributed by atoms with Crippen molar-refractivity contribution in [3.63, 3.8) is 0 Å². The summed E-state index contributed by atoms with van der Waals surface area (Å²) in [5.41, 5.74) is 8.24. The van der Waals surface area contributed by atoms with Crippen molar-refractivity contribution in [2.24, 2.45) is 5.73 Å². The maximum atomic E-state index is 5.95. The van der Waals surface area contributed by atoms with Crippen molar-refractivity contribution in [2.75, 3.05) is 6.54 Å². The fourth-order valence-electron chi connectivity index (χ4n) is 1.88. The van der Waals surface area contributed by atoms with E-state index in [1.807, 2.05) is 0 Å². The fraction of sp³-hybridized carbons (Fsp3) is 0.538. The predicted octanol–water partition coefficient (Wildman–Crippen LogP) is 2.56. The zero-order valence-corrected chi connectivity index (χ0v) is 9.28. The molecule has 1 unspecified atom stereocenters. The zero-order valence-electron chi connectivity index (χ0n) is 9.28. The highest BCUT2D eigenvalue weighted by atomic mass is 16.5.